The molecule has 2 heteroatoms. The van der Waals surface area contributed by atoms with Crippen molar-refractivity contribution in [1.29, 1.82) is 0 Å². The van der Waals surface area contributed by atoms with Gasteiger partial charge in [-0.1, -0.05) is 173 Å². The summed E-state index contributed by atoms with van der Waals surface area (Å²) in [5.41, 5.74) is 17.0. The Kier molecular flexibility index (Phi) is 6.93. The molecule has 2 nitrogen and oxygen atoms in total. The number of fused-ring (bicyclic) bond motifs is 8. The Labute approximate surface area is 301 Å². The molecular weight excluding hydrogens is 617 g/mol. The zero-order valence-corrected chi connectivity index (χ0v) is 29.4. The van der Waals surface area contributed by atoms with E-state index in [0.29, 0.717) is 11.8 Å². The lowest BCUT2D eigenvalue weighted by molar-refractivity contribution is 0.233. The summed E-state index contributed by atoms with van der Waals surface area (Å²) in [5.74, 6) is 0.939. The van der Waals surface area contributed by atoms with Gasteiger partial charge in [0, 0.05) is 39.0 Å². The molecule has 248 valence electrons. The van der Waals surface area contributed by atoms with Crippen LogP contribution in [0.2, 0.25) is 0 Å². The van der Waals surface area contributed by atoms with E-state index in [4.69, 9.17) is 9.97 Å². The van der Waals surface area contributed by atoms with E-state index in [9.17, 15) is 0 Å². The maximum atomic E-state index is 5.58. The van der Waals surface area contributed by atoms with Gasteiger partial charge in [-0.15, -0.1) is 0 Å². The molecule has 0 saturated heterocycles. The molecule has 0 bridgehead atoms. The van der Waals surface area contributed by atoms with Gasteiger partial charge in [-0.05, 0) is 58.2 Å². The third kappa shape index (κ3) is 4.62. The van der Waals surface area contributed by atoms with Crippen LogP contribution in [0.1, 0.15) is 74.1 Å². The van der Waals surface area contributed by atoms with Crippen molar-refractivity contribution in [1.82, 2.24) is 9.97 Å². The first-order chi connectivity index (χ1) is 25.0. The molecule has 1 aromatic heterocycles. The maximum absolute atomic E-state index is 5.58. The van der Waals surface area contributed by atoms with Gasteiger partial charge in [0.2, 0.25) is 0 Å². The van der Waals surface area contributed by atoms with Gasteiger partial charge in [0.05, 0.1) is 22.8 Å². The first-order valence-corrected chi connectivity index (χ1v) is 18.8. The monoisotopic (exact) mass is 658 g/mol. The van der Waals surface area contributed by atoms with Gasteiger partial charge in [-0.25, -0.2) is 9.97 Å². The lowest BCUT2D eigenvalue weighted by atomic mass is 9.62. The molecule has 10 rings (SSSR count). The summed E-state index contributed by atoms with van der Waals surface area (Å²) in [6, 6.07) is 48.1. The minimum absolute atomic E-state index is 0.0811. The van der Waals surface area contributed by atoms with E-state index in [1.807, 2.05) is 0 Å². The molecule has 4 aliphatic rings. The number of hydrogen-bond acceptors (Lipinski definition) is 2. The lowest BCUT2D eigenvalue weighted by Crippen LogP contribution is -2.35. The van der Waals surface area contributed by atoms with Crippen molar-refractivity contribution in [2.24, 2.45) is 5.92 Å². The Bertz CT molecular complexity index is 2360. The molecule has 5 aromatic carbocycles. The zero-order valence-electron chi connectivity index (χ0n) is 29.4. The predicted molar refractivity (Wildman–Crippen MR) is 210 cm³/mol. The molecule has 1 heterocycles. The van der Waals surface area contributed by atoms with Crippen LogP contribution in [0.5, 0.6) is 0 Å². The molecule has 0 amide bonds. The Balaban J connectivity index is 1.18. The Hall–Kier alpha value is -5.34. The van der Waals surface area contributed by atoms with Gasteiger partial charge < -0.3 is 0 Å². The highest BCUT2D eigenvalue weighted by molar-refractivity contribution is 5.94. The van der Waals surface area contributed by atoms with E-state index in [1.165, 1.54) is 54.4 Å². The first-order valence-electron chi connectivity index (χ1n) is 18.8. The number of nitrogens with zero attached hydrogens (tertiary/aromatic N) is 2. The van der Waals surface area contributed by atoms with Crippen LogP contribution in [0.3, 0.4) is 0 Å². The fourth-order valence-electron chi connectivity index (χ4n) is 10.2. The highest BCUT2D eigenvalue weighted by atomic mass is 14.9. The van der Waals surface area contributed by atoms with Crippen molar-refractivity contribution >= 4 is 5.57 Å². The third-order valence-electron chi connectivity index (χ3n) is 12.6. The number of allylic oxidation sites excluding steroid dienone is 4. The maximum Gasteiger partial charge on any atom is 0.0973 e. The summed E-state index contributed by atoms with van der Waals surface area (Å²) < 4.78 is 0. The molecule has 1 saturated carbocycles. The molecule has 51 heavy (non-hydrogen) atoms. The van der Waals surface area contributed by atoms with Gasteiger partial charge >= 0.3 is 0 Å². The fraction of sp³-hybridized carbons (Fsp3) is 0.224. The molecule has 6 aromatic rings. The van der Waals surface area contributed by atoms with Crippen molar-refractivity contribution in [3.8, 4) is 45.0 Å². The normalized spacial score (nSPS) is 20.5. The highest BCUT2D eigenvalue weighted by Crippen LogP contribution is 2.64. The minimum atomic E-state index is -0.0811. The molecule has 4 aliphatic carbocycles. The van der Waals surface area contributed by atoms with E-state index in [2.05, 4.69) is 159 Å². The van der Waals surface area contributed by atoms with Crippen LogP contribution in [-0.2, 0) is 10.8 Å². The van der Waals surface area contributed by atoms with E-state index in [0.717, 1.165) is 45.0 Å². The summed E-state index contributed by atoms with van der Waals surface area (Å²) in [6.07, 6.45) is 12.0. The zero-order chi connectivity index (χ0) is 34.2. The topological polar surface area (TPSA) is 25.8 Å². The first kappa shape index (κ1) is 30.5. The van der Waals surface area contributed by atoms with Gasteiger partial charge in [-0.3, -0.25) is 0 Å². The van der Waals surface area contributed by atoms with Crippen LogP contribution in [0.25, 0.3) is 50.6 Å². The van der Waals surface area contributed by atoms with Crippen LogP contribution in [-0.4, -0.2) is 9.97 Å². The highest BCUT2D eigenvalue weighted by Gasteiger charge is 2.53. The molecule has 0 radical (unpaired) electrons. The van der Waals surface area contributed by atoms with Crippen molar-refractivity contribution < 1.29 is 0 Å². The van der Waals surface area contributed by atoms with Crippen LogP contribution in [0.15, 0.2) is 151 Å². The lowest BCUT2D eigenvalue weighted by Gasteiger charge is -2.41. The summed E-state index contributed by atoms with van der Waals surface area (Å²) in [4.78, 5) is 11.1. The second kappa shape index (κ2) is 11.6. The molecular formula is C49H42N2. The average Bonchev–Trinajstić information content (AvgIpc) is 3.58. The van der Waals surface area contributed by atoms with Crippen molar-refractivity contribution in [2.75, 3.05) is 0 Å². The largest absolute Gasteiger partial charge is 0.243 e. The number of benzene rings is 5. The standard InChI is InChI=1S/C49H42N2/c1-48(2)40-26-25-35(29-37(40)39-31-43-38(30-42(39)48)36-23-13-14-24-41(36)49(43)27-15-6-16-28-49)47-46(34-21-11-5-12-22-34)50-44(32-17-7-3-8-18-32)45(51-47)33-19-9-4-10-20-33/h3-5,7-14,17-26,29-31,38,43H,6,15-16,27-28H2,1-2H3. The Morgan fingerprint density at radius 1 is 0.510 bits per heavy atom. The van der Waals surface area contributed by atoms with Gasteiger partial charge in [-0.2, -0.15) is 0 Å². The van der Waals surface area contributed by atoms with E-state index in [1.54, 1.807) is 11.1 Å². The Morgan fingerprint density at radius 3 is 1.63 bits per heavy atom. The van der Waals surface area contributed by atoms with Gasteiger partial charge in [0.1, 0.15) is 0 Å². The third-order valence-corrected chi connectivity index (χ3v) is 12.6. The molecule has 2 atom stereocenters. The fourth-order valence-corrected chi connectivity index (χ4v) is 10.2. The van der Waals surface area contributed by atoms with E-state index in [-0.39, 0.29) is 10.8 Å². The molecule has 1 spiro atoms. The Morgan fingerprint density at radius 2 is 1.04 bits per heavy atom. The summed E-state index contributed by atoms with van der Waals surface area (Å²) in [7, 11) is 0. The number of hydrogen-bond donors (Lipinski definition) is 0. The quantitative estimate of drug-likeness (QED) is 0.188. The molecule has 2 unspecified atom stereocenters. The second-order valence-electron chi connectivity index (χ2n) is 15.6. The molecule has 0 N–H and O–H groups in total. The van der Waals surface area contributed by atoms with Crippen molar-refractivity contribution in [3.05, 3.63) is 173 Å². The smallest absolute Gasteiger partial charge is 0.0973 e. The number of rotatable bonds is 4. The summed E-state index contributed by atoms with van der Waals surface area (Å²) in [6.45, 7) is 4.85. The molecule has 0 aliphatic heterocycles. The second-order valence-corrected chi connectivity index (χ2v) is 15.6. The van der Waals surface area contributed by atoms with Crippen LogP contribution < -0.4 is 0 Å². The van der Waals surface area contributed by atoms with Gasteiger partial charge in [0.15, 0.2) is 0 Å². The van der Waals surface area contributed by atoms with Crippen LogP contribution in [0, 0.1) is 5.92 Å². The van der Waals surface area contributed by atoms with Crippen molar-refractivity contribution in [3.63, 3.8) is 0 Å². The van der Waals surface area contributed by atoms with E-state index < -0.39 is 0 Å². The summed E-state index contributed by atoms with van der Waals surface area (Å²) in [5, 5.41) is 0. The number of aromatic nitrogens is 2. The van der Waals surface area contributed by atoms with Crippen molar-refractivity contribution in [2.45, 2.75) is 62.7 Å². The SMILES string of the molecule is CC1(C)C2=CC3c4ccccc4C4(CCCCC4)C3C=C2c2cc(-c3nc(-c4ccccc4)c(-c4ccccc4)nc3-c3ccccc3)ccc21. The van der Waals surface area contributed by atoms with Crippen LogP contribution >= 0.6 is 0 Å². The van der Waals surface area contributed by atoms with Gasteiger partial charge in [0.25, 0.3) is 0 Å². The van der Waals surface area contributed by atoms with E-state index >= 15 is 0 Å². The molecule has 1 fully saturated rings. The minimum Gasteiger partial charge on any atom is -0.243 e. The predicted octanol–water partition coefficient (Wildman–Crippen LogP) is 12.4. The average molecular weight is 659 g/mol. The van der Waals surface area contributed by atoms with Crippen LogP contribution in [0.4, 0.5) is 0 Å². The summed E-state index contributed by atoms with van der Waals surface area (Å²) >= 11 is 0.